The molecule has 85 heavy (non-hydrogen) atoms. The smallest absolute Gasteiger partial charge is 0.167 e. The fourth-order valence-corrected chi connectivity index (χ4v) is 11.6. The maximum absolute atomic E-state index is 10.4. The summed E-state index contributed by atoms with van der Waals surface area (Å²) in [7, 11) is 14.7. The third-order valence-corrected chi connectivity index (χ3v) is 15.7. The second-order valence-corrected chi connectivity index (χ2v) is 21.3. The number of hydrogen-bond donors (Lipinski definition) is 6. The van der Waals surface area contributed by atoms with Crippen LogP contribution in [0.25, 0.3) is 0 Å². The van der Waals surface area contributed by atoms with E-state index in [1.54, 1.807) is 76.0 Å². The summed E-state index contributed by atoms with van der Waals surface area (Å²) in [5, 5.41) is 22.4. The number of hydroxylamine groups is 2. The topological polar surface area (TPSA) is 339 Å². The number of hydrogen-bond acceptors (Lipinski definition) is 29. The Hall–Kier alpha value is -5.68. The molecule has 0 aliphatic carbocycles. The molecule has 10 aliphatic heterocycles. The number of ether oxygens (including phenoxy) is 13. The fraction of sp³-hybridized carbons (Fsp3) is 0.643. The fourth-order valence-electron chi connectivity index (χ4n) is 11.6. The van der Waals surface area contributed by atoms with Gasteiger partial charge in [-0.25, -0.2) is 20.0 Å². The number of aliphatic imine (C=N–C) groups is 4. The van der Waals surface area contributed by atoms with Crippen LogP contribution in [0.15, 0.2) is 117 Å². The van der Waals surface area contributed by atoms with E-state index < -0.39 is 54.3 Å². The van der Waals surface area contributed by atoms with Crippen LogP contribution in [0.3, 0.4) is 0 Å². The summed E-state index contributed by atoms with van der Waals surface area (Å²) in [5.41, 5.74) is 24.3. The van der Waals surface area contributed by atoms with Gasteiger partial charge in [0, 0.05) is 105 Å². The molecular weight excluding hydrogens is 1110 g/mol. The largest absolute Gasteiger partial charge is 0.386 e. The van der Waals surface area contributed by atoms with Crippen LogP contribution in [0.5, 0.6) is 0 Å². The highest BCUT2D eigenvalue weighted by Gasteiger charge is 2.67. The molecule has 6 fully saturated rings. The van der Waals surface area contributed by atoms with E-state index in [0.717, 1.165) is 16.7 Å². The first kappa shape index (κ1) is 68.4. The molecule has 6 saturated heterocycles. The molecule has 0 aromatic carbocycles. The van der Waals surface area contributed by atoms with Crippen molar-refractivity contribution in [2.45, 2.75) is 138 Å². The van der Waals surface area contributed by atoms with Gasteiger partial charge in [0.05, 0.1) is 39.1 Å². The average Bonchev–Trinajstić information content (AvgIpc) is 2.47. The molecule has 0 amide bonds. The number of rotatable bonds is 16. The summed E-state index contributed by atoms with van der Waals surface area (Å²) in [5.74, 6) is 3.58. The van der Waals surface area contributed by atoms with E-state index in [0.29, 0.717) is 79.6 Å². The van der Waals surface area contributed by atoms with Crippen molar-refractivity contribution in [3.63, 3.8) is 0 Å². The molecule has 0 radical (unpaired) electrons. The minimum absolute atomic E-state index is 0. The van der Waals surface area contributed by atoms with Gasteiger partial charge >= 0.3 is 0 Å². The number of nitrogens with two attached hydrogens (primary N) is 4. The Bertz CT molecular complexity index is 2670. The summed E-state index contributed by atoms with van der Waals surface area (Å²) in [6, 6.07) is 0. The molecule has 10 aliphatic rings. The van der Waals surface area contributed by atoms with Crippen molar-refractivity contribution in [2.75, 3.05) is 96.9 Å². The first-order valence-electron chi connectivity index (χ1n) is 27.1. The van der Waals surface area contributed by atoms with Crippen molar-refractivity contribution in [2.24, 2.45) is 42.9 Å². The van der Waals surface area contributed by atoms with Crippen molar-refractivity contribution in [1.82, 2.24) is 24.7 Å². The Morgan fingerprint density at radius 1 is 0.576 bits per heavy atom. The monoisotopic (exact) mass is 1200 g/mol. The predicted molar refractivity (Wildman–Crippen MR) is 315 cm³/mol. The lowest BCUT2D eigenvalue weighted by Crippen LogP contribution is -2.60. The number of aliphatic hydroxyl groups excluding tert-OH is 2. The minimum Gasteiger partial charge on any atom is -0.386 e. The normalized spacial score (nSPS) is 36.6. The van der Waals surface area contributed by atoms with E-state index in [2.05, 4.69) is 46.3 Å². The molecule has 0 saturated carbocycles. The number of amidine groups is 4. The van der Waals surface area contributed by atoms with Crippen LogP contribution in [0.1, 0.15) is 35.1 Å². The maximum atomic E-state index is 10.4. The molecular formula is C56H91N13O16. The van der Waals surface area contributed by atoms with Gasteiger partial charge in [-0.1, -0.05) is 33.7 Å². The van der Waals surface area contributed by atoms with Crippen LogP contribution in [0.4, 0.5) is 0 Å². The lowest BCUT2D eigenvalue weighted by Gasteiger charge is -2.40. The van der Waals surface area contributed by atoms with Crippen LogP contribution in [0.2, 0.25) is 0 Å². The van der Waals surface area contributed by atoms with Gasteiger partial charge in [-0.3, -0.25) is 4.84 Å². The van der Waals surface area contributed by atoms with Gasteiger partial charge in [0.2, 0.25) is 0 Å². The van der Waals surface area contributed by atoms with Gasteiger partial charge in [-0.15, -0.1) is 0 Å². The number of likely N-dealkylation sites (N-methyl/N-ethyl adjacent to an activating group) is 1. The molecule has 9 unspecified atom stereocenters. The Labute approximate surface area is 498 Å². The molecule has 29 heteroatoms. The van der Waals surface area contributed by atoms with E-state index in [-0.39, 0.29) is 56.4 Å². The van der Waals surface area contributed by atoms with Crippen LogP contribution in [-0.2, 0) is 66.4 Å². The van der Waals surface area contributed by atoms with Gasteiger partial charge in [-0.2, -0.15) is 5.06 Å². The Kier molecular flexibility index (Phi) is 23.3. The molecule has 0 aromatic rings. The summed E-state index contributed by atoms with van der Waals surface area (Å²) in [6.07, 6.45) is 2.35. The quantitative estimate of drug-likeness (QED) is 0.122. The highest BCUT2D eigenvalue weighted by atomic mass is 16.7. The summed E-state index contributed by atoms with van der Waals surface area (Å²) < 4.78 is 73.2. The first-order chi connectivity index (χ1) is 39.9. The van der Waals surface area contributed by atoms with Gasteiger partial charge in [0.1, 0.15) is 113 Å². The van der Waals surface area contributed by atoms with E-state index in [4.69, 9.17) is 89.4 Å². The van der Waals surface area contributed by atoms with Crippen molar-refractivity contribution >= 4 is 23.3 Å². The summed E-state index contributed by atoms with van der Waals surface area (Å²) >= 11 is 0. The molecule has 0 aromatic heterocycles. The van der Waals surface area contributed by atoms with Crippen LogP contribution in [0, 0.1) is 0 Å². The van der Waals surface area contributed by atoms with E-state index >= 15 is 0 Å². The maximum Gasteiger partial charge on any atom is 0.167 e. The molecule has 10 heterocycles. The third-order valence-electron chi connectivity index (χ3n) is 15.7. The summed E-state index contributed by atoms with van der Waals surface area (Å²) in [6.45, 7) is 25.2. The van der Waals surface area contributed by atoms with Crippen molar-refractivity contribution in [3.8, 4) is 0 Å². The molecule has 10 N–H and O–H groups in total. The van der Waals surface area contributed by atoms with Gasteiger partial charge in [0.15, 0.2) is 31.0 Å². The highest BCUT2D eigenvalue weighted by Crippen LogP contribution is 2.48. The predicted octanol–water partition coefficient (Wildman–Crippen LogP) is 0.423. The van der Waals surface area contributed by atoms with Crippen molar-refractivity contribution in [1.29, 1.82) is 0 Å². The van der Waals surface area contributed by atoms with Crippen molar-refractivity contribution in [3.05, 3.63) is 97.2 Å². The van der Waals surface area contributed by atoms with Crippen LogP contribution >= 0.6 is 0 Å². The van der Waals surface area contributed by atoms with E-state index in [1.807, 2.05) is 56.9 Å². The zero-order valence-electron chi connectivity index (χ0n) is 50.4. The van der Waals surface area contributed by atoms with E-state index in [1.165, 1.54) is 14.2 Å². The van der Waals surface area contributed by atoms with E-state index in [9.17, 15) is 10.2 Å². The van der Waals surface area contributed by atoms with Gasteiger partial charge in [0.25, 0.3) is 0 Å². The molecule has 476 valence electrons. The molecule has 17 atom stereocenters. The lowest BCUT2D eigenvalue weighted by molar-refractivity contribution is -0.263. The highest BCUT2D eigenvalue weighted by molar-refractivity contribution is 5.98. The number of nitrogens with zero attached hydrogens (tertiary/aromatic N) is 9. The van der Waals surface area contributed by atoms with Gasteiger partial charge < -0.3 is 114 Å². The van der Waals surface area contributed by atoms with Crippen LogP contribution in [-0.4, -0.2) is 258 Å². The van der Waals surface area contributed by atoms with Gasteiger partial charge in [-0.05, 0) is 33.8 Å². The average molecular weight is 1200 g/mol. The Morgan fingerprint density at radius 3 is 1.44 bits per heavy atom. The van der Waals surface area contributed by atoms with Crippen molar-refractivity contribution < 1.29 is 76.6 Å². The second-order valence-electron chi connectivity index (χ2n) is 21.3. The minimum atomic E-state index is -0.838. The number of methoxy groups -OCH3 is 8. The Morgan fingerprint density at radius 2 is 1.01 bits per heavy atom. The SMILES string of the molecule is C.C=C1N=C(N)C(C)=CN1[C@@H]1O[C@@]2(COC)C(C)OC1C2OC.C=C1N=C(N)C(C)=CN1[C@@H]1O[C@@]2(COC)CN(C)OC1C2OC.C=C1N=C(N)C(C)=CN1[C@@H]1O[C@H](COC)C(OC)C1O.C=C1N=C(N)C=CN1[C@@H]1O[C@H](COC)C(OC)C1O. The summed E-state index contributed by atoms with van der Waals surface area (Å²) in [4.78, 5) is 29.7. The number of fused-ring (bicyclic) bond motifs is 4. The zero-order chi connectivity index (χ0) is 61.7. The Balaban J connectivity index is 0.000000181. The molecule has 29 nitrogen and oxygen atoms in total. The molecule has 0 spiro atoms. The number of aliphatic hydroxyl groups is 2. The third kappa shape index (κ3) is 13.7. The zero-order valence-corrected chi connectivity index (χ0v) is 50.4. The molecule has 4 bridgehead atoms. The lowest BCUT2D eigenvalue weighted by atomic mass is 9.94. The molecule has 10 rings (SSSR count). The first-order valence-corrected chi connectivity index (χ1v) is 27.1. The standard InChI is InChI=1S/C15H24N4O4.C15H23N3O4.C13H21N3O4.C12H19N3O4.CH4/c1-9-6-19(10(2)17-13(9)16)14-11-12(21-5)15(22-14,8-20-4)7-18(3)23-11;1-8-6-18(10(3)17-13(8)16)14-11-12(20-5)15(22-14,7-19-4)9(2)21-11;1-7-5-16(8(2)15-12(7)14)13-10(17)11(19-4)9(20-13)6-18-3;1-7-14-9(13)4-5-15(7)12-10(16)11(18-3)8(19-12)6-17-2;/h6,11-12,14H,2,7-8H2,1,3-5H3,(H2,16,17);6,9,11-12,14H,3,7H2,1-2,4-5H3,(H2,16,17);5,9-11,13,17H,2,6H2,1,3-4H3,(H2,14,15);4-5,8,10-12,16H,1,6H2,2-3H3,(H2,13,14);1H4/t11?,12?,14-,15-;9?,11?,12?,14-,15+;9-,10?,11?,13-;8-,10?,11?,12-;/m1111./s1. The van der Waals surface area contributed by atoms with Crippen LogP contribution < -0.4 is 22.9 Å². The second kappa shape index (κ2) is 28.9.